The van der Waals surface area contributed by atoms with E-state index in [1.807, 2.05) is 35.2 Å². The Hall–Kier alpha value is -1.60. The lowest BCUT2D eigenvalue weighted by atomic mass is 9.54. The zero-order valence-electron chi connectivity index (χ0n) is 20.3. The molecule has 0 unspecified atom stereocenters. The lowest BCUT2D eigenvalue weighted by molar-refractivity contribution is -0.130. The Labute approximate surface area is 227 Å². The summed E-state index contributed by atoms with van der Waals surface area (Å²) >= 11 is 13.3. The Morgan fingerprint density at radius 3 is 2.42 bits per heavy atom. The number of furan rings is 1. The smallest absolute Gasteiger partial charge is 0.266 e. The monoisotopic (exact) mass is 541 g/mol. The van der Waals surface area contributed by atoms with Crippen LogP contribution in [-0.2, 0) is 11.2 Å². The number of hydrogen-bond donors (Lipinski definition) is 1. The van der Waals surface area contributed by atoms with Crippen LogP contribution in [0.2, 0.25) is 5.02 Å². The van der Waals surface area contributed by atoms with E-state index in [9.17, 15) is 4.79 Å². The van der Waals surface area contributed by atoms with E-state index < -0.39 is 0 Å². The van der Waals surface area contributed by atoms with E-state index in [1.165, 1.54) is 43.9 Å². The van der Waals surface area contributed by atoms with Crippen molar-refractivity contribution in [2.75, 3.05) is 6.61 Å². The first kappa shape index (κ1) is 24.7. The number of nitrogens with zero attached hydrogens (tertiary/aromatic N) is 1. The third-order valence-corrected chi connectivity index (χ3v) is 10.2. The van der Waals surface area contributed by atoms with Crippen molar-refractivity contribution in [3.63, 3.8) is 0 Å². The number of thiocarbonyl (C=S) groups is 1. The average Bonchev–Trinajstić information content (AvgIpc) is 3.37. The molecule has 1 aliphatic heterocycles. The Kier molecular flexibility index (Phi) is 7.06. The van der Waals surface area contributed by atoms with Crippen molar-refractivity contribution < 1.29 is 14.3 Å². The van der Waals surface area contributed by atoms with Crippen LogP contribution in [0.5, 0.6) is 0 Å². The van der Waals surface area contributed by atoms with Crippen LogP contribution in [0.1, 0.15) is 62.7 Å². The van der Waals surface area contributed by atoms with Gasteiger partial charge in [0.25, 0.3) is 5.91 Å². The maximum atomic E-state index is 13.7. The third kappa shape index (κ3) is 4.70. The second kappa shape index (κ2) is 10.3. The molecule has 4 aliphatic carbocycles. The Balaban J connectivity index is 1.27. The summed E-state index contributed by atoms with van der Waals surface area (Å²) < 4.78 is 7.03. The van der Waals surface area contributed by atoms with Crippen LogP contribution >= 0.6 is 35.6 Å². The zero-order chi connectivity index (χ0) is 24.8. The molecule has 190 valence electrons. The number of carbonyl (C=O) groups is 1. The van der Waals surface area contributed by atoms with Crippen LogP contribution in [0.4, 0.5) is 0 Å². The molecule has 0 radical (unpaired) electrons. The van der Waals surface area contributed by atoms with E-state index in [2.05, 4.69) is 6.07 Å². The predicted molar refractivity (Wildman–Crippen MR) is 150 cm³/mol. The highest BCUT2D eigenvalue weighted by Gasteiger charge is 2.53. The van der Waals surface area contributed by atoms with Crippen LogP contribution in [0.15, 0.2) is 39.7 Å². The lowest BCUT2D eigenvalue weighted by Crippen LogP contribution is -2.57. The van der Waals surface area contributed by atoms with Gasteiger partial charge >= 0.3 is 0 Å². The molecule has 1 saturated heterocycles. The SMILES string of the molecule is O=C1C(=Cc2oc(-c3ccc(Cl)cc3)cc2CCCCCO)SC(=S)N1C1C2CC3CC(C2)CC1C3. The van der Waals surface area contributed by atoms with Gasteiger partial charge in [-0.05, 0) is 111 Å². The summed E-state index contributed by atoms with van der Waals surface area (Å²) in [5, 5.41) is 9.83. The van der Waals surface area contributed by atoms with Crippen molar-refractivity contribution in [1.82, 2.24) is 4.90 Å². The fraction of sp³-hybridized carbons (Fsp3) is 0.517. The molecule has 7 rings (SSSR count). The Morgan fingerprint density at radius 2 is 1.75 bits per heavy atom. The highest BCUT2D eigenvalue weighted by molar-refractivity contribution is 8.26. The van der Waals surface area contributed by atoms with Gasteiger partial charge in [0.2, 0.25) is 0 Å². The van der Waals surface area contributed by atoms with Gasteiger partial charge in [0.1, 0.15) is 15.8 Å². The topological polar surface area (TPSA) is 53.7 Å². The van der Waals surface area contributed by atoms with Crippen molar-refractivity contribution in [1.29, 1.82) is 0 Å². The van der Waals surface area contributed by atoms with Gasteiger partial charge < -0.3 is 9.52 Å². The summed E-state index contributed by atoms with van der Waals surface area (Å²) in [4.78, 5) is 16.4. The molecule has 0 spiro atoms. The van der Waals surface area contributed by atoms with E-state index >= 15 is 0 Å². The van der Waals surface area contributed by atoms with Crippen molar-refractivity contribution in [2.45, 2.75) is 63.8 Å². The molecule has 0 atom stereocenters. The van der Waals surface area contributed by atoms with E-state index in [-0.39, 0.29) is 18.6 Å². The minimum Gasteiger partial charge on any atom is -0.456 e. The maximum Gasteiger partial charge on any atom is 0.266 e. The molecule has 36 heavy (non-hydrogen) atoms. The van der Waals surface area contributed by atoms with Gasteiger partial charge in [-0.15, -0.1) is 0 Å². The Bertz CT molecular complexity index is 1160. The number of aliphatic hydroxyl groups is 1. The zero-order valence-corrected chi connectivity index (χ0v) is 22.7. The van der Waals surface area contributed by atoms with Crippen LogP contribution in [0, 0.1) is 23.7 Å². The highest BCUT2D eigenvalue weighted by Crippen LogP contribution is 2.56. The first-order valence-corrected chi connectivity index (χ1v) is 14.9. The molecule has 1 aromatic heterocycles. The molecule has 2 aromatic rings. The van der Waals surface area contributed by atoms with Gasteiger partial charge in [0.05, 0.1) is 4.91 Å². The minimum absolute atomic E-state index is 0.0538. The molecule has 1 aromatic carbocycles. The maximum absolute atomic E-state index is 13.7. The van der Waals surface area contributed by atoms with Crippen molar-refractivity contribution >= 4 is 51.9 Å². The number of hydrogen-bond acceptors (Lipinski definition) is 5. The van der Waals surface area contributed by atoms with Gasteiger partial charge in [0, 0.05) is 29.3 Å². The average molecular weight is 542 g/mol. The highest BCUT2D eigenvalue weighted by atomic mass is 35.5. The van der Waals surface area contributed by atoms with Crippen LogP contribution in [0.25, 0.3) is 17.4 Å². The Morgan fingerprint density at radius 1 is 1.06 bits per heavy atom. The fourth-order valence-corrected chi connectivity index (χ4v) is 8.74. The van der Waals surface area contributed by atoms with Crippen LogP contribution < -0.4 is 0 Å². The molecular formula is C29H32ClNO3S2. The van der Waals surface area contributed by atoms with Gasteiger partial charge in [-0.3, -0.25) is 9.69 Å². The molecule has 1 amide bonds. The lowest BCUT2D eigenvalue weighted by Gasteiger charge is -2.56. The molecule has 2 heterocycles. The first-order valence-electron chi connectivity index (χ1n) is 13.3. The van der Waals surface area contributed by atoms with Crippen LogP contribution in [-0.4, -0.2) is 32.9 Å². The normalized spacial score (nSPS) is 30.2. The summed E-state index contributed by atoms with van der Waals surface area (Å²) in [5.41, 5.74) is 2.04. The quantitative estimate of drug-likeness (QED) is 0.215. The molecule has 4 nitrogen and oxygen atoms in total. The molecule has 5 fully saturated rings. The number of thioether (sulfide) groups is 1. The van der Waals surface area contributed by atoms with Crippen LogP contribution in [0.3, 0.4) is 0 Å². The summed E-state index contributed by atoms with van der Waals surface area (Å²) in [6.07, 6.45) is 11.9. The second-order valence-corrected chi connectivity index (χ2v) is 13.1. The van der Waals surface area contributed by atoms with E-state index in [0.717, 1.165) is 60.2 Å². The van der Waals surface area contributed by atoms with Gasteiger partial charge in [-0.2, -0.15) is 0 Å². The standard InChI is InChI=1S/C29H32ClNO3S2/c30-23-7-5-19(6-8-23)24-15-20(4-2-1-3-9-32)25(34-24)16-26-28(33)31(29(35)36-26)27-21-11-17-10-18(13-21)14-22(27)12-17/h5-8,15-18,21-22,27,32H,1-4,9-14H2. The largest absolute Gasteiger partial charge is 0.456 e. The second-order valence-electron chi connectivity index (χ2n) is 11.0. The molecule has 4 bridgehead atoms. The number of unbranched alkanes of at least 4 members (excludes halogenated alkanes) is 2. The summed E-state index contributed by atoms with van der Waals surface area (Å²) in [6, 6.07) is 9.97. The van der Waals surface area contributed by atoms with E-state index in [4.69, 9.17) is 33.3 Å². The number of carbonyl (C=O) groups excluding carboxylic acids is 1. The summed E-state index contributed by atoms with van der Waals surface area (Å²) in [7, 11) is 0. The molecule has 5 aliphatic rings. The molecule has 4 saturated carbocycles. The summed E-state index contributed by atoms with van der Waals surface area (Å²) in [6.45, 7) is 0.210. The number of rotatable bonds is 8. The van der Waals surface area contributed by atoms with Gasteiger partial charge in [0.15, 0.2) is 0 Å². The number of aryl methyl sites for hydroxylation is 1. The van der Waals surface area contributed by atoms with E-state index in [0.29, 0.717) is 26.1 Å². The fourth-order valence-electron chi connectivity index (χ4n) is 7.29. The molecule has 7 heteroatoms. The minimum atomic E-state index is 0.0538. The summed E-state index contributed by atoms with van der Waals surface area (Å²) in [5.74, 6) is 4.48. The predicted octanol–water partition coefficient (Wildman–Crippen LogP) is 7.33. The molecular weight excluding hydrogens is 510 g/mol. The number of aliphatic hydroxyl groups excluding tert-OH is 1. The van der Waals surface area contributed by atoms with Crippen molar-refractivity contribution in [3.8, 4) is 11.3 Å². The molecule has 1 N–H and O–H groups in total. The van der Waals surface area contributed by atoms with Gasteiger partial charge in [-0.25, -0.2) is 0 Å². The first-order chi connectivity index (χ1) is 17.5. The number of amides is 1. The van der Waals surface area contributed by atoms with Gasteiger partial charge in [-0.1, -0.05) is 42.0 Å². The number of halogens is 1. The third-order valence-electron chi connectivity index (χ3n) is 8.64. The number of benzene rings is 1. The van der Waals surface area contributed by atoms with E-state index in [1.54, 1.807) is 0 Å². The van der Waals surface area contributed by atoms with Crippen molar-refractivity contribution in [2.24, 2.45) is 23.7 Å². The van der Waals surface area contributed by atoms with Crippen molar-refractivity contribution in [3.05, 3.63) is 51.6 Å².